The third-order valence-electron chi connectivity index (χ3n) is 2.81. The summed E-state index contributed by atoms with van der Waals surface area (Å²) in [5.74, 6) is 0.429. The number of hydrogen-bond donors (Lipinski definition) is 2. The molecule has 0 bridgehead atoms. The minimum Gasteiger partial charge on any atom is -0.316 e. The molecule has 1 aromatic carbocycles. The maximum absolute atomic E-state index is 12.2. The summed E-state index contributed by atoms with van der Waals surface area (Å²) in [6.07, 6.45) is 0.772. The van der Waals surface area contributed by atoms with Crippen LogP contribution in [-0.2, 0) is 16.6 Å². The molecule has 0 unspecified atom stereocenters. The SMILES string of the molecule is CNCc1c(Cl)ccc(S(=O)(=O)NCCC(C)C)c1Cl. The van der Waals surface area contributed by atoms with E-state index in [0.29, 0.717) is 29.6 Å². The molecule has 20 heavy (non-hydrogen) atoms. The van der Waals surface area contributed by atoms with Gasteiger partial charge in [-0.2, -0.15) is 0 Å². The molecule has 0 aliphatic rings. The highest BCUT2D eigenvalue weighted by atomic mass is 35.5. The highest BCUT2D eigenvalue weighted by Gasteiger charge is 2.21. The first-order valence-corrected chi connectivity index (χ1v) is 8.64. The lowest BCUT2D eigenvalue weighted by Gasteiger charge is -2.13. The van der Waals surface area contributed by atoms with Crippen LogP contribution in [0, 0.1) is 5.92 Å². The summed E-state index contributed by atoms with van der Waals surface area (Å²) in [6, 6.07) is 2.98. The van der Waals surface area contributed by atoms with E-state index >= 15 is 0 Å². The lowest BCUT2D eigenvalue weighted by Crippen LogP contribution is -2.26. The van der Waals surface area contributed by atoms with Crippen molar-refractivity contribution in [3.63, 3.8) is 0 Å². The second-order valence-electron chi connectivity index (χ2n) is 4.95. The lowest BCUT2D eigenvalue weighted by atomic mass is 10.1. The van der Waals surface area contributed by atoms with Gasteiger partial charge in [0.2, 0.25) is 10.0 Å². The standard InChI is InChI=1S/C13H20Cl2N2O2S/c1-9(2)6-7-17-20(18,19)12-5-4-11(14)10(8-16-3)13(12)15/h4-5,9,16-17H,6-8H2,1-3H3. The first-order valence-electron chi connectivity index (χ1n) is 6.40. The predicted molar refractivity (Wildman–Crippen MR) is 83.9 cm³/mol. The van der Waals surface area contributed by atoms with E-state index in [4.69, 9.17) is 23.2 Å². The van der Waals surface area contributed by atoms with Gasteiger partial charge in [0, 0.05) is 23.7 Å². The van der Waals surface area contributed by atoms with Gasteiger partial charge in [-0.05, 0) is 31.5 Å². The van der Waals surface area contributed by atoms with E-state index in [1.165, 1.54) is 6.07 Å². The van der Waals surface area contributed by atoms with Crippen LogP contribution in [0.25, 0.3) is 0 Å². The van der Waals surface area contributed by atoms with Crippen LogP contribution in [0.3, 0.4) is 0 Å². The molecular weight excluding hydrogens is 319 g/mol. The number of sulfonamides is 1. The second kappa shape index (κ2) is 7.61. The van der Waals surface area contributed by atoms with E-state index in [2.05, 4.69) is 10.0 Å². The molecule has 0 aliphatic carbocycles. The summed E-state index contributed by atoms with van der Waals surface area (Å²) >= 11 is 12.2. The number of hydrogen-bond acceptors (Lipinski definition) is 3. The van der Waals surface area contributed by atoms with Gasteiger partial charge >= 0.3 is 0 Å². The highest BCUT2D eigenvalue weighted by molar-refractivity contribution is 7.89. The zero-order valence-corrected chi connectivity index (χ0v) is 14.2. The topological polar surface area (TPSA) is 58.2 Å². The fraction of sp³-hybridized carbons (Fsp3) is 0.538. The highest BCUT2D eigenvalue weighted by Crippen LogP contribution is 2.30. The average molecular weight is 339 g/mol. The van der Waals surface area contributed by atoms with Crippen molar-refractivity contribution in [2.45, 2.75) is 31.7 Å². The van der Waals surface area contributed by atoms with E-state index in [9.17, 15) is 8.42 Å². The molecule has 0 saturated carbocycles. The van der Waals surface area contributed by atoms with Crippen molar-refractivity contribution in [1.82, 2.24) is 10.0 Å². The molecule has 2 N–H and O–H groups in total. The third kappa shape index (κ3) is 4.60. The molecule has 4 nitrogen and oxygen atoms in total. The Morgan fingerprint density at radius 3 is 2.45 bits per heavy atom. The first-order chi connectivity index (χ1) is 9.29. The number of halogens is 2. The minimum absolute atomic E-state index is 0.0672. The van der Waals surface area contributed by atoms with Crippen molar-refractivity contribution in [1.29, 1.82) is 0 Å². The van der Waals surface area contributed by atoms with Gasteiger partial charge < -0.3 is 5.32 Å². The zero-order valence-electron chi connectivity index (χ0n) is 11.8. The quantitative estimate of drug-likeness (QED) is 0.803. The van der Waals surface area contributed by atoms with E-state index < -0.39 is 10.0 Å². The van der Waals surface area contributed by atoms with E-state index in [1.54, 1.807) is 13.1 Å². The van der Waals surface area contributed by atoms with Crippen LogP contribution in [0.4, 0.5) is 0 Å². The summed E-state index contributed by atoms with van der Waals surface area (Å²) in [5.41, 5.74) is 0.586. The minimum atomic E-state index is -3.61. The Hall–Kier alpha value is -0.330. The van der Waals surface area contributed by atoms with E-state index in [1.807, 2.05) is 13.8 Å². The van der Waals surface area contributed by atoms with Gasteiger partial charge in [-0.15, -0.1) is 0 Å². The summed E-state index contributed by atoms with van der Waals surface area (Å²) in [5, 5.41) is 3.54. The van der Waals surface area contributed by atoms with Gasteiger partial charge in [-0.25, -0.2) is 13.1 Å². The molecule has 0 spiro atoms. The van der Waals surface area contributed by atoms with Crippen LogP contribution in [0.5, 0.6) is 0 Å². The molecule has 0 saturated heterocycles. The largest absolute Gasteiger partial charge is 0.316 e. The fourth-order valence-electron chi connectivity index (χ4n) is 1.68. The first kappa shape index (κ1) is 17.7. The molecule has 1 aromatic rings. The molecule has 0 aromatic heterocycles. The Morgan fingerprint density at radius 2 is 1.90 bits per heavy atom. The molecule has 0 aliphatic heterocycles. The van der Waals surface area contributed by atoms with Crippen LogP contribution >= 0.6 is 23.2 Å². The maximum Gasteiger partial charge on any atom is 0.242 e. The van der Waals surface area contributed by atoms with Crippen molar-refractivity contribution in [2.24, 2.45) is 5.92 Å². The average Bonchev–Trinajstić information content (AvgIpc) is 2.33. The molecule has 0 atom stereocenters. The van der Waals surface area contributed by atoms with Gasteiger partial charge in [0.25, 0.3) is 0 Å². The summed E-state index contributed by atoms with van der Waals surface area (Å²) < 4.78 is 27.0. The molecule has 7 heteroatoms. The Kier molecular flexibility index (Phi) is 6.75. The lowest BCUT2D eigenvalue weighted by molar-refractivity contribution is 0.551. The van der Waals surface area contributed by atoms with Gasteiger partial charge in [0.15, 0.2) is 0 Å². The van der Waals surface area contributed by atoms with E-state index in [0.717, 1.165) is 6.42 Å². The molecule has 0 heterocycles. The monoisotopic (exact) mass is 338 g/mol. The normalized spacial score (nSPS) is 12.1. The van der Waals surface area contributed by atoms with Crippen LogP contribution < -0.4 is 10.0 Å². The molecule has 0 fully saturated rings. The smallest absolute Gasteiger partial charge is 0.242 e. The van der Waals surface area contributed by atoms with Crippen molar-refractivity contribution in [3.05, 3.63) is 27.7 Å². The van der Waals surface area contributed by atoms with E-state index in [-0.39, 0.29) is 9.92 Å². The van der Waals surface area contributed by atoms with Gasteiger partial charge in [-0.3, -0.25) is 0 Å². The van der Waals surface area contributed by atoms with Crippen LogP contribution in [0.1, 0.15) is 25.8 Å². The Morgan fingerprint density at radius 1 is 1.25 bits per heavy atom. The summed E-state index contributed by atoms with van der Waals surface area (Å²) in [7, 11) is -1.87. The van der Waals surface area contributed by atoms with Crippen LogP contribution in [-0.4, -0.2) is 22.0 Å². The Balaban J connectivity index is 3.03. The summed E-state index contributed by atoms with van der Waals surface area (Å²) in [6.45, 7) is 4.87. The molecule has 0 amide bonds. The Bertz CT molecular complexity index is 560. The second-order valence-corrected chi connectivity index (χ2v) is 7.47. The molecule has 0 radical (unpaired) electrons. The molecule has 1 rings (SSSR count). The number of benzene rings is 1. The van der Waals surface area contributed by atoms with Crippen molar-refractivity contribution in [3.8, 4) is 0 Å². The van der Waals surface area contributed by atoms with Gasteiger partial charge in [0.1, 0.15) is 4.90 Å². The molecular formula is C13H20Cl2N2O2S. The van der Waals surface area contributed by atoms with Crippen LogP contribution in [0.2, 0.25) is 10.0 Å². The summed E-state index contributed by atoms with van der Waals surface area (Å²) in [4.78, 5) is 0.0672. The fourth-order valence-corrected chi connectivity index (χ4v) is 3.64. The van der Waals surface area contributed by atoms with Crippen LogP contribution in [0.15, 0.2) is 17.0 Å². The number of rotatable bonds is 7. The Labute approximate surface area is 130 Å². The zero-order chi connectivity index (χ0) is 15.3. The number of nitrogens with one attached hydrogen (secondary N) is 2. The van der Waals surface area contributed by atoms with Gasteiger partial charge in [-0.1, -0.05) is 37.0 Å². The third-order valence-corrected chi connectivity index (χ3v) is 5.21. The van der Waals surface area contributed by atoms with Gasteiger partial charge in [0.05, 0.1) is 5.02 Å². The predicted octanol–water partition coefficient (Wildman–Crippen LogP) is 3.04. The van der Waals surface area contributed by atoms with Crippen molar-refractivity contribution < 1.29 is 8.42 Å². The van der Waals surface area contributed by atoms with Crippen molar-refractivity contribution in [2.75, 3.05) is 13.6 Å². The van der Waals surface area contributed by atoms with Crippen molar-refractivity contribution >= 4 is 33.2 Å². The molecule has 114 valence electrons. The maximum atomic E-state index is 12.2.